The summed E-state index contributed by atoms with van der Waals surface area (Å²) >= 11 is 0. The second-order valence-electron chi connectivity index (χ2n) is 2.07. The Kier molecular flexibility index (Phi) is 9.92. The maximum absolute atomic E-state index is 10.6. The van der Waals surface area contributed by atoms with Crippen LogP contribution in [0, 0.1) is 0 Å². The highest BCUT2D eigenvalue weighted by atomic mass is 35.5. The van der Waals surface area contributed by atoms with E-state index in [0.717, 1.165) is 0 Å². The number of carbonyl (C=O) groups is 1. The van der Waals surface area contributed by atoms with Crippen molar-refractivity contribution in [2.75, 3.05) is 13.2 Å². The van der Waals surface area contributed by atoms with Crippen molar-refractivity contribution in [2.45, 2.75) is 13.0 Å². The third kappa shape index (κ3) is 7.53. The normalized spacial score (nSPS) is 12.2. The molecule has 0 heterocycles. The maximum Gasteiger partial charge on any atom is 0.330 e. The molecule has 72 valence electrons. The van der Waals surface area contributed by atoms with Crippen LogP contribution in [0.4, 0.5) is 0 Å². The molecule has 0 aliphatic carbocycles. The molecule has 0 rings (SSSR count). The van der Waals surface area contributed by atoms with Crippen LogP contribution in [0.25, 0.3) is 0 Å². The Bertz CT molecular complexity index is 150. The van der Waals surface area contributed by atoms with Crippen LogP contribution >= 0.6 is 0 Å². The van der Waals surface area contributed by atoms with Gasteiger partial charge >= 0.3 is 5.97 Å². The molecule has 0 aliphatic rings. The highest BCUT2D eigenvalue weighted by Gasteiger charge is 2.05. The van der Waals surface area contributed by atoms with Crippen molar-refractivity contribution in [1.29, 1.82) is 0 Å². The first-order chi connectivity index (χ1) is 5.20. The van der Waals surface area contributed by atoms with Gasteiger partial charge in [-0.3, -0.25) is 0 Å². The van der Waals surface area contributed by atoms with E-state index in [0.29, 0.717) is 6.54 Å². The summed E-state index contributed by atoms with van der Waals surface area (Å²) in [6.07, 6.45) is 2.23. The Hall–Kier alpha value is -0.580. The van der Waals surface area contributed by atoms with Gasteiger partial charge in [-0.05, 0) is 6.92 Å². The lowest BCUT2D eigenvalue weighted by Gasteiger charge is -2.04. The Balaban J connectivity index is 0. The standard InChI is InChI=1S/C7H13NO3.ClH/c1-2-3-7(10)11-5-6(9)4-8;/h2-3,6,9H,4-5,8H2,1H3;1H. The van der Waals surface area contributed by atoms with E-state index >= 15 is 0 Å². The summed E-state index contributed by atoms with van der Waals surface area (Å²) in [5.41, 5.74) is 3.45. The van der Waals surface area contributed by atoms with Crippen molar-refractivity contribution >= 4 is 5.97 Å². The third-order valence-corrected chi connectivity index (χ3v) is 1.05. The summed E-state index contributed by atoms with van der Waals surface area (Å²) in [5, 5.41) is 8.91. The minimum atomic E-state index is -0.649. The summed E-state index contributed by atoms with van der Waals surface area (Å²) in [4.78, 5) is 10.6. The number of hydrogen-bond acceptors (Lipinski definition) is 3. The van der Waals surface area contributed by atoms with Crippen LogP contribution in [-0.2, 0) is 9.53 Å². The summed E-state index contributed by atoms with van der Waals surface area (Å²) in [5.74, 6) is -0.431. The Morgan fingerprint density at radius 2 is 2.33 bits per heavy atom. The minimum Gasteiger partial charge on any atom is -1.00 e. The fraction of sp³-hybridized carbons (Fsp3) is 0.571. The zero-order valence-electron chi connectivity index (χ0n) is 7.00. The van der Waals surface area contributed by atoms with E-state index in [9.17, 15) is 4.79 Å². The first-order valence-electron chi connectivity index (χ1n) is 3.47. The fourth-order valence-corrected chi connectivity index (χ4v) is 0.446. The van der Waals surface area contributed by atoms with Gasteiger partial charge in [0.05, 0.1) is 0 Å². The van der Waals surface area contributed by atoms with Crippen LogP contribution in [0.15, 0.2) is 12.2 Å². The van der Waals surface area contributed by atoms with E-state index in [-0.39, 0.29) is 19.0 Å². The number of rotatable bonds is 4. The molecule has 0 aliphatic heterocycles. The third-order valence-electron chi connectivity index (χ3n) is 1.05. The number of aliphatic hydroxyl groups is 1. The van der Waals surface area contributed by atoms with Crippen LogP contribution in [-0.4, -0.2) is 30.3 Å². The van der Waals surface area contributed by atoms with Crippen molar-refractivity contribution in [2.24, 2.45) is 0 Å². The monoisotopic (exact) mass is 195 g/mol. The molecule has 4 N–H and O–H groups in total. The zero-order chi connectivity index (χ0) is 8.69. The number of quaternary nitrogens is 1. The largest absolute Gasteiger partial charge is 1.00 e. The Morgan fingerprint density at radius 3 is 2.75 bits per heavy atom. The number of aliphatic hydroxyl groups excluding tert-OH is 1. The molecule has 1 unspecified atom stereocenters. The predicted octanol–water partition coefficient (Wildman–Crippen LogP) is -4.29. The Morgan fingerprint density at radius 1 is 1.75 bits per heavy atom. The molecule has 5 heteroatoms. The van der Waals surface area contributed by atoms with Gasteiger partial charge in [0.15, 0.2) is 0 Å². The van der Waals surface area contributed by atoms with E-state index in [4.69, 9.17) is 5.11 Å². The summed E-state index contributed by atoms with van der Waals surface area (Å²) in [6.45, 7) is 2.09. The summed E-state index contributed by atoms with van der Waals surface area (Å²) in [7, 11) is 0. The first-order valence-corrected chi connectivity index (χ1v) is 3.47. The fourth-order valence-electron chi connectivity index (χ4n) is 0.446. The molecule has 0 aromatic heterocycles. The van der Waals surface area contributed by atoms with Gasteiger partial charge in [0.2, 0.25) is 0 Å². The van der Waals surface area contributed by atoms with Gasteiger partial charge in [-0.25, -0.2) is 4.79 Å². The molecular weight excluding hydrogens is 182 g/mol. The van der Waals surface area contributed by atoms with E-state index in [1.807, 2.05) is 0 Å². The number of carbonyl (C=O) groups excluding carboxylic acids is 1. The average Bonchev–Trinajstić information content (AvgIpc) is 2.01. The van der Waals surface area contributed by atoms with Crippen molar-refractivity contribution in [1.82, 2.24) is 0 Å². The van der Waals surface area contributed by atoms with Gasteiger partial charge in [-0.1, -0.05) is 6.08 Å². The van der Waals surface area contributed by atoms with E-state index in [2.05, 4.69) is 10.5 Å². The van der Waals surface area contributed by atoms with E-state index < -0.39 is 12.1 Å². The smallest absolute Gasteiger partial charge is 0.330 e. The SMILES string of the molecule is CC=CC(=O)OCC(O)C[NH3+].[Cl-]. The van der Waals surface area contributed by atoms with Crippen LogP contribution < -0.4 is 18.1 Å². The number of halogens is 1. The molecule has 0 amide bonds. The lowest BCUT2D eigenvalue weighted by molar-refractivity contribution is -0.385. The molecule has 0 fully saturated rings. The van der Waals surface area contributed by atoms with Crippen LogP contribution in [0.2, 0.25) is 0 Å². The van der Waals surface area contributed by atoms with Gasteiger partial charge in [-0.15, -0.1) is 0 Å². The van der Waals surface area contributed by atoms with Gasteiger partial charge in [-0.2, -0.15) is 0 Å². The molecule has 12 heavy (non-hydrogen) atoms. The molecule has 0 aromatic carbocycles. The minimum absolute atomic E-state index is 0. The van der Waals surface area contributed by atoms with Crippen molar-refractivity contribution in [3.63, 3.8) is 0 Å². The number of allylic oxidation sites excluding steroid dienone is 1. The van der Waals surface area contributed by atoms with E-state index in [1.165, 1.54) is 6.08 Å². The molecule has 0 radical (unpaired) electrons. The van der Waals surface area contributed by atoms with Gasteiger partial charge in [0.25, 0.3) is 0 Å². The van der Waals surface area contributed by atoms with Crippen LogP contribution in [0.3, 0.4) is 0 Å². The lowest BCUT2D eigenvalue weighted by atomic mass is 10.4. The molecular formula is C7H14ClNO3. The average molecular weight is 196 g/mol. The highest BCUT2D eigenvalue weighted by Crippen LogP contribution is 1.84. The summed E-state index contributed by atoms with van der Waals surface area (Å²) in [6, 6.07) is 0. The molecule has 4 nitrogen and oxygen atoms in total. The molecule has 0 spiro atoms. The van der Waals surface area contributed by atoms with Gasteiger partial charge < -0.3 is 28.0 Å². The number of ether oxygens (including phenoxy) is 1. The molecule has 0 aromatic rings. The molecule has 0 saturated heterocycles. The zero-order valence-corrected chi connectivity index (χ0v) is 7.75. The second kappa shape index (κ2) is 8.52. The highest BCUT2D eigenvalue weighted by molar-refractivity contribution is 5.81. The number of esters is 1. The Labute approximate surface area is 77.8 Å². The second-order valence-corrected chi connectivity index (χ2v) is 2.07. The lowest BCUT2D eigenvalue weighted by Crippen LogP contribution is -3.00. The van der Waals surface area contributed by atoms with Crippen LogP contribution in [0.1, 0.15) is 6.92 Å². The summed E-state index contributed by atoms with van der Waals surface area (Å²) < 4.78 is 4.62. The van der Waals surface area contributed by atoms with Gasteiger partial charge in [0.1, 0.15) is 19.3 Å². The van der Waals surface area contributed by atoms with Gasteiger partial charge in [0, 0.05) is 6.08 Å². The van der Waals surface area contributed by atoms with Crippen LogP contribution in [0.5, 0.6) is 0 Å². The molecule has 1 atom stereocenters. The maximum atomic E-state index is 10.6. The number of hydrogen-bond donors (Lipinski definition) is 2. The molecule has 0 bridgehead atoms. The van der Waals surface area contributed by atoms with Crippen molar-refractivity contribution in [3.8, 4) is 0 Å². The quantitative estimate of drug-likeness (QED) is 0.352. The van der Waals surface area contributed by atoms with E-state index in [1.54, 1.807) is 13.0 Å². The molecule has 0 saturated carbocycles. The van der Waals surface area contributed by atoms with Crippen molar-refractivity contribution < 1.29 is 32.8 Å². The topological polar surface area (TPSA) is 74.2 Å². The van der Waals surface area contributed by atoms with Crippen molar-refractivity contribution in [3.05, 3.63) is 12.2 Å². The first kappa shape index (κ1) is 14.0. The predicted molar refractivity (Wildman–Crippen MR) is 39.5 cm³/mol.